The second-order valence-electron chi connectivity index (χ2n) is 6.96. The Morgan fingerprint density at radius 3 is 2.87 bits per heavy atom. The molecule has 2 aromatic carbocycles. The Bertz CT molecular complexity index is 1060. The zero-order valence-electron chi connectivity index (χ0n) is 16.7. The molecule has 0 amide bonds. The summed E-state index contributed by atoms with van der Waals surface area (Å²) in [6.45, 7) is 0.780. The third-order valence-electron chi connectivity index (χ3n) is 4.87. The fraction of sp³-hybridized carbons (Fsp3) is 0.273. The van der Waals surface area contributed by atoms with Crippen LogP contribution in [0.3, 0.4) is 0 Å². The Hall–Kier alpha value is -2.58. The van der Waals surface area contributed by atoms with Crippen molar-refractivity contribution in [2.75, 3.05) is 20.3 Å². The van der Waals surface area contributed by atoms with Crippen molar-refractivity contribution >= 4 is 29.2 Å². The van der Waals surface area contributed by atoms with Gasteiger partial charge >= 0.3 is 5.97 Å². The SMILES string of the molecule is COC(=O)c1ccccc1OC[C@@H]1CO[C@@](Cn2ccnc2)(c2ccc(Cl)cc2Cl)O1. The first-order valence-corrected chi connectivity index (χ1v) is 10.3. The number of hydrogen-bond donors (Lipinski definition) is 0. The maximum absolute atomic E-state index is 12.0. The number of benzene rings is 2. The van der Waals surface area contributed by atoms with Crippen molar-refractivity contribution in [3.8, 4) is 5.75 Å². The Morgan fingerprint density at radius 1 is 1.29 bits per heavy atom. The predicted octanol–water partition coefficient (Wildman–Crippen LogP) is 4.32. The first kappa shape index (κ1) is 21.6. The van der Waals surface area contributed by atoms with Gasteiger partial charge < -0.3 is 23.5 Å². The van der Waals surface area contributed by atoms with Crippen LogP contribution in [0.2, 0.25) is 10.0 Å². The van der Waals surface area contributed by atoms with E-state index < -0.39 is 17.9 Å². The molecule has 0 saturated carbocycles. The van der Waals surface area contributed by atoms with E-state index in [0.29, 0.717) is 33.5 Å². The van der Waals surface area contributed by atoms with Gasteiger partial charge in [0.05, 0.1) is 31.6 Å². The zero-order chi connectivity index (χ0) is 21.8. The minimum Gasteiger partial charge on any atom is -0.490 e. The quantitative estimate of drug-likeness (QED) is 0.486. The average Bonchev–Trinajstić information content (AvgIpc) is 3.42. The maximum atomic E-state index is 12.0. The molecule has 0 bridgehead atoms. The van der Waals surface area contributed by atoms with Gasteiger partial charge in [-0.25, -0.2) is 9.78 Å². The topological polar surface area (TPSA) is 71.8 Å². The highest BCUT2D eigenvalue weighted by molar-refractivity contribution is 6.35. The highest BCUT2D eigenvalue weighted by Crippen LogP contribution is 2.40. The van der Waals surface area contributed by atoms with Gasteiger partial charge in [0.15, 0.2) is 0 Å². The number of nitrogens with zero attached hydrogens (tertiary/aromatic N) is 2. The Labute approximate surface area is 189 Å². The minimum absolute atomic E-state index is 0.172. The largest absolute Gasteiger partial charge is 0.490 e. The summed E-state index contributed by atoms with van der Waals surface area (Å²) in [7, 11) is 1.33. The van der Waals surface area contributed by atoms with E-state index in [4.69, 9.17) is 42.1 Å². The van der Waals surface area contributed by atoms with Crippen LogP contribution in [0.1, 0.15) is 15.9 Å². The van der Waals surface area contributed by atoms with Gasteiger partial charge in [-0.2, -0.15) is 0 Å². The van der Waals surface area contributed by atoms with Crippen LogP contribution < -0.4 is 4.74 Å². The van der Waals surface area contributed by atoms with E-state index in [-0.39, 0.29) is 13.2 Å². The molecule has 1 aliphatic heterocycles. The lowest BCUT2D eigenvalue weighted by Crippen LogP contribution is -2.34. The minimum atomic E-state index is -1.14. The molecule has 4 rings (SSSR count). The number of aromatic nitrogens is 2. The monoisotopic (exact) mass is 462 g/mol. The predicted molar refractivity (Wildman–Crippen MR) is 114 cm³/mol. The number of carbonyl (C=O) groups excluding carboxylic acids is 1. The van der Waals surface area contributed by atoms with Crippen molar-refractivity contribution in [3.05, 3.63) is 82.4 Å². The molecule has 2 atom stereocenters. The van der Waals surface area contributed by atoms with Gasteiger partial charge in [0.25, 0.3) is 0 Å². The standard InChI is InChI=1S/C22H20Cl2N2O5/c1-28-21(27)17-4-2-3-5-20(17)29-11-16-12-30-22(31-16,13-26-9-8-25-14-26)18-7-6-15(23)10-19(18)24/h2-10,14,16H,11-13H2,1H3/t16-,22-/m1/s1. The number of carbonyl (C=O) groups is 1. The highest BCUT2D eigenvalue weighted by Gasteiger charge is 2.45. The molecule has 0 radical (unpaired) electrons. The van der Waals surface area contributed by atoms with Gasteiger partial charge in [0.1, 0.15) is 24.0 Å². The number of para-hydroxylation sites is 1. The molecule has 1 saturated heterocycles. The van der Waals surface area contributed by atoms with Crippen LogP contribution >= 0.6 is 23.2 Å². The fourth-order valence-corrected chi connectivity index (χ4v) is 3.98. The van der Waals surface area contributed by atoms with E-state index in [1.54, 1.807) is 55.0 Å². The number of imidazole rings is 1. The molecular weight excluding hydrogens is 443 g/mol. The molecule has 0 spiro atoms. The van der Waals surface area contributed by atoms with Crippen LogP contribution in [0.5, 0.6) is 5.75 Å². The summed E-state index contributed by atoms with van der Waals surface area (Å²) in [5.74, 6) is -1.20. The third-order valence-corrected chi connectivity index (χ3v) is 5.42. The van der Waals surface area contributed by atoms with Crippen molar-refractivity contribution in [2.45, 2.75) is 18.4 Å². The van der Waals surface area contributed by atoms with Gasteiger partial charge in [0.2, 0.25) is 5.79 Å². The normalized spacial score (nSPS) is 20.5. The third kappa shape index (κ3) is 4.70. The van der Waals surface area contributed by atoms with Gasteiger partial charge in [-0.15, -0.1) is 0 Å². The first-order valence-electron chi connectivity index (χ1n) is 9.54. The Balaban J connectivity index is 1.55. The summed E-state index contributed by atoms with van der Waals surface area (Å²) in [5.41, 5.74) is 0.999. The van der Waals surface area contributed by atoms with Gasteiger partial charge in [0, 0.05) is 23.0 Å². The van der Waals surface area contributed by atoms with Crippen molar-refractivity contribution in [3.63, 3.8) is 0 Å². The van der Waals surface area contributed by atoms with E-state index in [0.717, 1.165) is 0 Å². The molecule has 1 aromatic heterocycles. The van der Waals surface area contributed by atoms with Crippen molar-refractivity contribution in [2.24, 2.45) is 0 Å². The molecule has 9 heteroatoms. The van der Waals surface area contributed by atoms with E-state index in [9.17, 15) is 4.79 Å². The summed E-state index contributed by atoms with van der Waals surface area (Å²) in [6.07, 6.45) is 4.76. The molecule has 31 heavy (non-hydrogen) atoms. The second-order valence-corrected chi connectivity index (χ2v) is 7.81. The molecule has 7 nitrogen and oxygen atoms in total. The molecular formula is C22H20Cl2N2O5. The van der Waals surface area contributed by atoms with Crippen LogP contribution in [0, 0.1) is 0 Å². The molecule has 1 fully saturated rings. The van der Waals surface area contributed by atoms with E-state index >= 15 is 0 Å². The number of rotatable bonds is 7. The summed E-state index contributed by atoms with van der Waals surface area (Å²) in [6, 6.07) is 12.1. The lowest BCUT2D eigenvalue weighted by Gasteiger charge is -2.30. The summed E-state index contributed by atoms with van der Waals surface area (Å²) in [5, 5.41) is 0.953. The van der Waals surface area contributed by atoms with Crippen LogP contribution in [0.15, 0.2) is 61.2 Å². The van der Waals surface area contributed by atoms with E-state index in [1.165, 1.54) is 7.11 Å². The first-order chi connectivity index (χ1) is 15.0. The fourth-order valence-electron chi connectivity index (χ4n) is 3.43. The number of halogens is 2. The van der Waals surface area contributed by atoms with Crippen LogP contribution in [-0.4, -0.2) is 41.9 Å². The van der Waals surface area contributed by atoms with E-state index in [2.05, 4.69) is 4.98 Å². The van der Waals surface area contributed by atoms with Gasteiger partial charge in [-0.3, -0.25) is 0 Å². The van der Waals surface area contributed by atoms with Crippen LogP contribution in [0.4, 0.5) is 0 Å². The molecule has 0 unspecified atom stereocenters. The maximum Gasteiger partial charge on any atom is 0.341 e. The van der Waals surface area contributed by atoms with Crippen molar-refractivity contribution in [1.29, 1.82) is 0 Å². The van der Waals surface area contributed by atoms with Gasteiger partial charge in [-0.05, 0) is 24.3 Å². The summed E-state index contributed by atoms with van der Waals surface area (Å²) >= 11 is 12.6. The van der Waals surface area contributed by atoms with Crippen LogP contribution in [0.25, 0.3) is 0 Å². The smallest absolute Gasteiger partial charge is 0.341 e. The van der Waals surface area contributed by atoms with Crippen molar-refractivity contribution < 1.29 is 23.7 Å². The number of methoxy groups -OCH3 is 1. The Morgan fingerprint density at radius 2 is 2.13 bits per heavy atom. The molecule has 2 heterocycles. The van der Waals surface area contributed by atoms with Crippen molar-refractivity contribution in [1.82, 2.24) is 9.55 Å². The molecule has 0 N–H and O–H groups in total. The summed E-state index contributed by atoms with van der Waals surface area (Å²) < 4.78 is 25.0. The Kier molecular flexibility index (Phi) is 6.48. The number of ether oxygens (including phenoxy) is 4. The zero-order valence-corrected chi connectivity index (χ0v) is 18.2. The highest BCUT2D eigenvalue weighted by atomic mass is 35.5. The lowest BCUT2D eigenvalue weighted by atomic mass is 10.1. The average molecular weight is 463 g/mol. The van der Waals surface area contributed by atoms with E-state index in [1.807, 2.05) is 10.8 Å². The lowest BCUT2D eigenvalue weighted by molar-refractivity contribution is -0.189. The molecule has 1 aliphatic rings. The van der Waals surface area contributed by atoms with Crippen LogP contribution in [-0.2, 0) is 26.5 Å². The number of hydrogen-bond acceptors (Lipinski definition) is 6. The van der Waals surface area contributed by atoms with Gasteiger partial charge in [-0.1, -0.05) is 41.4 Å². The molecule has 3 aromatic rings. The molecule has 0 aliphatic carbocycles. The summed E-state index contributed by atoms with van der Waals surface area (Å²) in [4.78, 5) is 16.1. The molecule has 162 valence electrons. The second kappa shape index (κ2) is 9.28. The number of esters is 1.